The zero-order valence-electron chi connectivity index (χ0n) is 14.2. The van der Waals surface area contributed by atoms with Gasteiger partial charge in [-0.3, -0.25) is 5.10 Å². The van der Waals surface area contributed by atoms with E-state index in [1.807, 2.05) is 0 Å². The maximum absolute atomic E-state index is 4.59. The molecular formula is C21H18N4. The van der Waals surface area contributed by atoms with Crippen LogP contribution in [-0.2, 0) is 14.1 Å². The average molecular weight is 326 g/mol. The van der Waals surface area contributed by atoms with Crippen LogP contribution in [0.25, 0.3) is 44.3 Å². The first kappa shape index (κ1) is 14.1. The van der Waals surface area contributed by atoms with Crippen LogP contribution >= 0.6 is 0 Å². The summed E-state index contributed by atoms with van der Waals surface area (Å²) in [7, 11) is 4.15. The molecule has 4 nitrogen and oxygen atoms in total. The lowest BCUT2D eigenvalue weighted by Gasteiger charge is -1.94. The standard InChI is InChI=1S/C21H18N4/c1-24-12-16(14-7-3-5-9-20(14)24)18-11-19(23-22-18)17-13-25(2)21-10-6-4-8-15(17)21/h3-13H,1-2H3,(H,22,23). The lowest BCUT2D eigenvalue weighted by molar-refractivity contribution is 0.968. The summed E-state index contributed by atoms with van der Waals surface area (Å²) in [4.78, 5) is 0. The van der Waals surface area contributed by atoms with E-state index in [4.69, 9.17) is 0 Å². The third-order valence-corrected chi connectivity index (χ3v) is 4.94. The van der Waals surface area contributed by atoms with Crippen LogP contribution in [0.3, 0.4) is 0 Å². The van der Waals surface area contributed by atoms with E-state index in [1.54, 1.807) is 0 Å². The smallest absolute Gasteiger partial charge is 0.0948 e. The summed E-state index contributed by atoms with van der Waals surface area (Å²) >= 11 is 0. The molecule has 0 aliphatic rings. The van der Waals surface area contributed by atoms with Gasteiger partial charge in [0.05, 0.1) is 11.4 Å². The van der Waals surface area contributed by atoms with Crippen LogP contribution in [0.1, 0.15) is 0 Å². The molecule has 0 saturated carbocycles. The van der Waals surface area contributed by atoms with E-state index in [-0.39, 0.29) is 0 Å². The number of rotatable bonds is 2. The number of nitrogens with zero attached hydrogens (tertiary/aromatic N) is 3. The number of aryl methyl sites for hydroxylation is 2. The fraction of sp³-hybridized carbons (Fsp3) is 0.0952. The quantitative estimate of drug-likeness (QED) is 0.500. The van der Waals surface area contributed by atoms with Gasteiger partial charge in [0.15, 0.2) is 0 Å². The monoisotopic (exact) mass is 326 g/mol. The van der Waals surface area contributed by atoms with E-state index in [9.17, 15) is 0 Å². The molecule has 0 amide bonds. The second-order valence-electron chi connectivity index (χ2n) is 6.51. The van der Waals surface area contributed by atoms with Crippen LogP contribution in [-0.4, -0.2) is 19.3 Å². The first-order valence-corrected chi connectivity index (χ1v) is 8.36. The van der Waals surface area contributed by atoms with E-state index in [2.05, 4.69) is 100 Å². The third-order valence-electron chi connectivity index (χ3n) is 4.94. The Hall–Kier alpha value is -3.27. The molecule has 1 N–H and O–H groups in total. The second-order valence-corrected chi connectivity index (χ2v) is 6.51. The maximum Gasteiger partial charge on any atom is 0.0948 e. The van der Waals surface area contributed by atoms with Crippen molar-refractivity contribution in [2.45, 2.75) is 0 Å². The van der Waals surface area contributed by atoms with Crippen molar-refractivity contribution in [1.29, 1.82) is 0 Å². The number of fused-ring (bicyclic) bond motifs is 2. The van der Waals surface area contributed by atoms with Gasteiger partial charge >= 0.3 is 0 Å². The Kier molecular flexibility index (Phi) is 2.88. The Morgan fingerprint density at radius 1 is 0.760 bits per heavy atom. The predicted molar refractivity (Wildman–Crippen MR) is 102 cm³/mol. The zero-order chi connectivity index (χ0) is 17.0. The molecule has 0 radical (unpaired) electrons. The van der Waals surface area contributed by atoms with Gasteiger partial charge in [0, 0.05) is 59.4 Å². The average Bonchev–Trinajstić information content (AvgIpc) is 3.33. The van der Waals surface area contributed by atoms with Crippen molar-refractivity contribution in [3.8, 4) is 22.5 Å². The van der Waals surface area contributed by atoms with Crippen LogP contribution in [0.15, 0.2) is 67.0 Å². The SMILES string of the molecule is Cn1cc(-c2cc(-c3cn(C)c4ccccc34)[nH]n2)c2ccccc21. The second kappa shape index (κ2) is 5.11. The van der Waals surface area contributed by atoms with Gasteiger partial charge in [-0.05, 0) is 18.2 Å². The van der Waals surface area contributed by atoms with Crippen LogP contribution in [0.5, 0.6) is 0 Å². The number of hydrogen-bond acceptors (Lipinski definition) is 1. The maximum atomic E-state index is 4.59. The van der Waals surface area contributed by atoms with Gasteiger partial charge < -0.3 is 9.13 Å². The van der Waals surface area contributed by atoms with Gasteiger partial charge in [-0.15, -0.1) is 0 Å². The van der Waals surface area contributed by atoms with Crippen molar-refractivity contribution >= 4 is 21.8 Å². The Balaban J connectivity index is 1.68. The summed E-state index contributed by atoms with van der Waals surface area (Å²) < 4.78 is 4.31. The van der Waals surface area contributed by atoms with Crippen molar-refractivity contribution in [3.05, 3.63) is 67.0 Å². The lowest BCUT2D eigenvalue weighted by atomic mass is 10.1. The fourth-order valence-electron chi connectivity index (χ4n) is 3.70. The highest BCUT2D eigenvalue weighted by molar-refractivity contribution is 5.98. The first-order valence-electron chi connectivity index (χ1n) is 8.36. The summed E-state index contributed by atoms with van der Waals surface area (Å²) in [6, 6.07) is 19.0. The lowest BCUT2D eigenvalue weighted by Crippen LogP contribution is -1.81. The predicted octanol–water partition coefficient (Wildman–Crippen LogP) is 4.73. The topological polar surface area (TPSA) is 38.5 Å². The van der Waals surface area contributed by atoms with E-state index in [1.165, 1.54) is 27.4 Å². The molecule has 0 aliphatic heterocycles. The normalized spacial score (nSPS) is 11.6. The molecule has 0 unspecified atom stereocenters. The molecule has 122 valence electrons. The summed E-state index contributed by atoms with van der Waals surface area (Å²) in [5, 5.41) is 10.3. The number of nitrogens with one attached hydrogen (secondary N) is 1. The molecule has 25 heavy (non-hydrogen) atoms. The number of hydrogen-bond donors (Lipinski definition) is 1. The molecule has 0 atom stereocenters. The number of para-hydroxylation sites is 2. The Morgan fingerprint density at radius 2 is 1.32 bits per heavy atom. The molecule has 0 saturated heterocycles. The van der Waals surface area contributed by atoms with Gasteiger partial charge in [-0.1, -0.05) is 36.4 Å². The first-order chi connectivity index (χ1) is 12.2. The number of benzene rings is 2. The molecule has 4 heteroatoms. The minimum absolute atomic E-state index is 0.972. The fourth-order valence-corrected chi connectivity index (χ4v) is 3.70. The van der Waals surface area contributed by atoms with Gasteiger partial charge in [0.1, 0.15) is 0 Å². The zero-order valence-corrected chi connectivity index (χ0v) is 14.2. The van der Waals surface area contributed by atoms with Crippen molar-refractivity contribution < 1.29 is 0 Å². The molecule has 5 rings (SSSR count). The minimum atomic E-state index is 0.972. The van der Waals surface area contributed by atoms with Gasteiger partial charge in [0.25, 0.3) is 0 Å². The van der Waals surface area contributed by atoms with Crippen LogP contribution in [0.2, 0.25) is 0 Å². The summed E-state index contributed by atoms with van der Waals surface area (Å²) in [5.74, 6) is 0. The highest BCUT2D eigenvalue weighted by Gasteiger charge is 2.14. The Bertz CT molecular complexity index is 1120. The Morgan fingerprint density at radius 3 is 2.00 bits per heavy atom. The third kappa shape index (κ3) is 2.04. The summed E-state index contributed by atoms with van der Waals surface area (Å²) in [5.41, 5.74) is 6.78. The van der Waals surface area contributed by atoms with Crippen molar-refractivity contribution in [2.75, 3.05) is 0 Å². The molecule has 3 aromatic heterocycles. The van der Waals surface area contributed by atoms with Crippen LogP contribution in [0, 0.1) is 0 Å². The number of aromatic nitrogens is 4. The van der Waals surface area contributed by atoms with E-state index in [0.717, 1.165) is 17.0 Å². The molecule has 0 fully saturated rings. The minimum Gasteiger partial charge on any atom is -0.350 e. The summed E-state index contributed by atoms with van der Waals surface area (Å²) in [6.45, 7) is 0. The molecule has 0 aliphatic carbocycles. The molecular weight excluding hydrogens is 308 g/mol. The van der Waals surface area contributed by atoms with Gasteiger partial charge in [-0.25, -0.2) is 0 Å². The molecule has 5 aromatic rings. The van der Waals surface area contributed by atoms with Gasteiger partial charge in [0.2, 0.25) is 0 Å². The molecule has 3 heterocycles. The van der Waals surface area contributed by atoms with Gasteiger partial charge in [-0.2, -0.15) is 5.10 Å². The van der Waals surface area contributed by atoms with Crippen molar-refractivity contribution in [2.24, 2.45) is 14.1 Å². The van der Waals surface area contributed by atoms with Crippen LogP contribution in [0.4, 0.5) is 0 Å². The van der Waals surface area contributed by atoms with Crippen molar-refractivity contribution in [1.82, 2.24) is 19.3 Å². The Labute approximate surface area is 145 Å². The van der Waals surface area contributed by atoms with E-state index >= 15 is 0 Å². The molecule has 2 aromatic carbocycles. The van der Waals surface area contributed by atoms with E-state index in [0.29, 0.717) is 0 Å². The summed E-state index contributed by atoms with van der Waals surface area (Å²) in [6.07, 6.45) is 4.30. The highest BCUT2D eigenvalue weighted by atomic mass is 15.1. The highest BCUT2D eigenvalue weighted by Crippen LogP contribution is 2.33. The largest absolute Gasteiger partial charge is 0.350 e. The molecule has 0 spiro atoms. The molecule has 0 bridgehead atoms. The number of aromatic amines is 1. The van der Waals surface area contributed by atoms with Crippen molar-refractivity contribution in [3.63, 3.8) is 0 Å². The van der Waals surface area contributed by atoms with E-state index < -0.39 is 0 Å². The van der Waals surface area contributed by atoms with Crippen LogP contribution < -0.4 is 0 Å². The number of H-pyrrole nitrogens is 1.